The second-order valence-electron chi connectivity index (χ2n) is 4.37. The number of rotatable bonds is 4. The minimum atomic E-state index is -0.178. The number of hydrogen-bond donors (Lipinski definition) is 1. The Bertz CT molecular complexity index is 244. The molecule has 0 aromatic rings. The Morgan fingerprint density at radius 1 is 1.33 bits per heavy atom. The van der Waals surface area contributed by atoms with E-state index in [2.05, 4.69) is 5.32 Å². The van der Waals surface area contributed by atoms with Gasteiger partial charge in [0, 0.05) is 13.5 Å². The summed E-state index contributed by atoms with van der Waals surface area (Å²) in [6.07, 6.45) is 4.70. The second kappa shape index (κ2) is 5.14. The Morgan fingerprint density at radius 3 is 2.40 bits per heavy atom. The van der Waals surface area contributed by atoms with E-state index in [1.165, 1.54) is 14.0 Å². The summed E-state index contributed by atoms with van der Waals surface area (Å²) in [4.78, 5) is 22.2. The molecule has 4 heteroatoms. The van der Waals surface area contributed by atoms with Crippen molar-refractivity contribution in [2.45, 2.75) is 39.0 Å². The molecular weight excluding hydrogens is 194 g/mol. The highest BCUT2D eigenvalue weighted by atomic mass is 16.5. The van der Waals surface area contributed by atoms with Crippen molar-refractivity contribution in [3.63, 3.8) is 0 Å². The van der Waals surface area contributed by atoms with Crippen molar-refractivity contribution >= 4 is 11.9 Å². The molecule has 0 spiro atoms. The molecule has 0 aromatic heterocycles. The van der Waals surface area contributed by atoms with E-state index >= 15 is 0 Å². The van der Waals surface area contributed by atoms with E-state index in [0.717, 1.165) is 25.7 Å². The summed E-state index contributed by atoms with van der Waals surface area (Å²) < 4.78 is 4.69. The Balaban J connectivity index is 2.53. The van der Waals surface area contributed by atoms with E-state index in [-0.39, 0.29) is 17.3 Å². The Morgan fingerprint density at radius 2 is 1.93 bits per heavy atom. The largest absolute Gasteiger partial charge is 0.469 e. The number of nitrogens with one attached hydrogen (secondary N) is 1. The lowest BCUT2D eigenvalue weighted by Gasteiger charge is -2.27. The van der Waals surface area contributed by atoms with Crippen molar-refractivity contribution in [1.82, 2.24) is 5.32 Å². The molecule has 15 heavy (non-hydrogen) atoms. The first kappa shape index (κ1) is 12.0. The summed E-state index contributed by atoms with van der Waals surface area (Å²) >= 11 is 0. The van der Waals surface area contributed by atoms with Gasteiger partial charge in [-0.3, -0.25) is 9.59 Å². The standard InChI is InChI=1S/C11H19NO3/c1-9(13)12-8-11(5-3-4-6-11)7-10(14)15-2/h3-8H2,1-2H3,(H,12,13). The maximum Gasteiger partial charge on any atom is 0.306 e. The first-order chi connectivity index (χ1) is 7.08. The highest BCUT2D eigenvalue weighted by Gasteiger charge is 2.36. The Labute approximate surface area is 90.4 Å². The van der Waals surface area contributed by atoms with Crippen molar-refractivity contribution in [3.8, 4) is 0 Å². The minimum absolute atomic E-state index is 0.0360. The minimum Gasteiger partial charge on any atom is -0.469 e. The molecule has 1 rings (SSSR count). The van der Waals surface area contributed by atoms with Gasteiger partial charge in [-0.15, -0.1) is 0 Å². The maximum atomic E-state index is 11.3. The molecule has 0 saturated heterocycles. The molecule has 0 aliphatic heterocycles. The lowest BCUT2D eigenvalue weighted by atomic mass is 9.82. The van der Waals surface area contributed by atoms with Crippen LogP contribution in [0.5, 0.6) is 0 Å². The zero-order chi connectivity index (χ0) is 11.3. The van der Waals surface area contributed by atoms with Gasteiger partial charge in [0.05, 0.1) is 13.5 Å². The van der Waals surface area contributed by atoms with E-state index in [1.807, 2.05) is 0 Å². The highest BCUT2D eigenvalue weighted by Crippen LogP contribution is 2.40. The van der Waals surface area contributed by atoms with E-state index < -0.39 is 0 Å². The lowest BCUT2D eigenvalue weighted by molar-refractivity contribution is -0.143. The van der Waals surface area contributed by atoms with Gasteiger partial charge in [-0.25, -0.2) is 0 Å². The van der Waals surface area contributed by atoms with Crippen LogP contribution in [0.15, 0.2) is 0 Å². The molecule has 0 unspecified atom stereocenters. The number of amides is 1. The summed E-state index contributed by atoms with van der Waals surface area (Å²) in [5, 5.41) is 2.81. The van der Waals surface area contributed by atoms with Crippen molar-refractivity contribution < 1.29 is 14.3 Å². The molecular formula is C11H19NO3. The molecule has 86 valence electrons. The number of hydrogen-bond acceptors (Lipinski definition) is 3. The van der Waals surface area contributed by atoms with Crippen LogP contribution >= 0.6 is 0 Å². The average molecular weight is 213 g/mol. The fraction of sp³-hybridized carbons (Fsp3) is 0.818. The molecule has 4 nitrogen and oxygen atoms in total. The highest BCUT2D eigenvalue weighted by molar-refractivity contribution is 5.73. The van der Waals surface area contributed by atoms with Gasteiger partial charge in [0.1, 0.15) is 0 Å². The van der Waals surface area contributed by atoms with Crippen LogP contribution in [0.1, 0.15) is 39.0 Å². The van der Waals surface area contributed by atoms with E-state index in [9.17, 15) is 9.59 Å². The van der Waals surface area contributed by atoms with Gasteiger partial charge in [-0.05, 0) is 18.3 Å². The van der Waals surface area contributed by atoms with Crippen LogP contribution < -0.4 is 5.32 Å². The molecule has 0 radical (unpaired) electrons. The molecule has 1 N–H and O–H groups in total. The van der Waals surface area contributed by atoms with E-state index in [1.54, 1.807) is 0 Å². The van der Waals surface area contributed by atoms with E-state index in [0.29, 0.717) is 13.0 Å². The first-order valence-electron chi connectivity index (χ1n) is 5.39. The second-order valence-corrected chi connectivity index (χ2v) is 4.37. The van der Waals surface area contributed by atoms with Gasteiger partial charge < -0.3 is 10.1 Å². The number of esters is 1. The van der Waals surface area contributed by atoms with Crippen LogP contribution in [0, 0.1) is 5.41 Å². The maximum absolute atomic E-state index is 11.3. The van der Waals surface area contributed by atoms with Gasteiger partial charge >= 0.3 is 5.97 Å². The van der Waals surface area contributed by atoms with Crippen LogP contribution in [0.3, 0.4) is 0 Å². The molecule has 1 saturated carbocycles. The molecule has 0 atom stereocenters. The summed E-state index contributed by atoms with van der Waals surface area (Å²) in [7, 11) is 1.41. The van der Waals surface area contributed by atoms with Gasteiger partial charge in [0.15, 0.2) is 0 Å². The van der Waals surface area contributed by atoms with Gasteiger partial charge in [0.25, 0.3) is 0 Å². The van der Waals surface area contributed by atoms with Crippen molar-refractivity contribution in [3.05, 3.63) is 0 Å². The van der Waals surface area contributed by atoms with Crippen LogP contribution in [-0.4, -0.2) is 25.5 Å². The predicted molar refractivity (Wildman–Crippen MR) is 56.2 cm³/mol. The Hall–Kier alpha value is -1.06. The quantitative estimate of drug-likeness (QED) is 0.715. The van der Waals surface area contributed by atoms with Crippen molar-refractivity contribution in [2.75, 3.05) is 13.7 Å². The third-order valence-electron chi connectivity index (χ3n) is 3.12. The van der Waals surface area contributed by atoms with Gasteiger partial charge in [-0.2, -0.15) is 0 Å². The summed E-state index contributed by atoms with van der Waals surface area (Å²) in [6, 6.07) is 0. The third kappa shape index (κ3) is 3.53. The summed E-state index contributed by atoms with van der Waals surface area (Å²) in [5.41, 5.74) is -0.0568. The average Bonchev–Trinajstić information content (AvgIpc) is 2.64. The van der Waals surface area contributed by atoms with Crippen LogP contribution in [0.4, 0.5) is 0 Å². The fourth-order valence-electron chi connectivity index (χ4n) is 2.23. The molecule has 0 bridgehead atoms. The third-order valence-corrected chi connectivity index (χ3v) is 3.12. The number of carbonyl (C=O) groups is 2. The topological polar surface area (TPSA) is 55.4 Å². The lowest BCUT2D eigenvalue weighted by Crippen LogP contribution is -2.36. The van der Waals surface area contributed by atoms with Gasteiger partial charge in [-0.1, -0.05) is 12.8 Å². The zero-order valence-electron chi connectivity index (χ0n) is 9.47. The normalized spacial score (nSPS) is 18.5. The molecule has 0 aromatic carbocycles. The number of methoxy groups -OCH3 is 1. The monoisotopic (exact) mass is 213 g/mol. The predicted octanol–water partition coefficient (Wildman–Crippen LogP) is 1.25. The fourth-order valence-corrected chi connectivity index (χ4v) is 2.23. The van der Waals surface area contributed by atoms with Gasteiger partial charge in [0.2, 0.25) is 5.91 Å². The number of ether oxygens (including phenoxy) is 1. The van der Waals surface area contributed by atoms with Crippen LogP contribution in [0.2, 0.25) is 0 Å². The Kier molecular flexibility index (Phi) is 4.12. The van der Waals surface area contributed by atoms with Crippen LogP contribution in [0.25, 0.3) is 0 Å². The zero-order valence-corrected chi connectivity index (χ0v) is 9.47. The smallest absolute Gasteiger partial charge is 0.306 e. The summed E-state index contributed by atoms with van der Waals surface area (Å²) in [5.74, 6) is -0.214. The van der Waals surface area contributed by atoms with Crippen LogP contribution in [-0.2, 0) is 14.3 Å². The van der Waals surface area contributed by atoms with Crippen molar-refractivity contribution in [2.24, 2.45) is 5.41 Å². The molecule has 1 aliphatic rings. The molecule has 0 heterocycles. The molecule has 1 fully saturated rings. The number of carbonyl (C=O) groups excluding carboxylic acids is 2. The van der Waals surface area contributed by atoms with Crippen molar-refractivity contribution in [1.29, 1.82) is 0 Å². The molecule has 1 aliphatic carbocycles. The van der Waals surface area contributed by atoms with E-state index in [4.69, 9.17) is 4.74 Å². The molecule has 1 amide bonds. The summed E-state index contributed by atoms with van der Waals surface area (Å²) in [6.45, 7) is 2.10. The first-order valence-corrected chi connectivity index (χ1v) is 5.39. The SMILES string of the molecule is COC(=O)CC1(CNC(C)=O)CCCC1.